The number of carbonyl (C=O) groups excluding carboxylic acids is 1. The van der Waals surface area contributed by atoms with Crippen LogP contribution in [0.25, 0.3) is 0 Å². The summed E-state index contributed by atoms with van der Waals surface area (Å²) in [6, 6.07) is 7.82. The van der Waals surface area contributed by atoms with E-state index in [2.05, 4.69) is 17.4 Å². The minimum atomic E-state index is -0.437. The number of amides is 1. The molecule has 2 fully saturated rings. The highest BCUT2D eigenvalue weighted by Crippen LogP contribution is 2.41. The molecule has 0 bridgehead atoms. The Morgan fingerprint density at radius 2 is 2.04 bits per heavy atom. The van der Waals surface area contributed by atoms with Gasteiger partial charge in [-0.2, -0.15) is 0 Å². The van der Waals surface area contributed by atoms with Gasteiger partial charge < -0.3 is 20.5 Å². The highest BCUT2D eigenvalue weighted by molar-refractivity contribution is 5.85. The fourth-order valence-corrected chi connectivity index (χ4v) is 4.24. The van der Waals surface area contributed by atoms with Crippen molar-refractivity contribution in [3.63, 3.8) is 0 Å². The summed E-state index contributed by atoms with van der Waals surface area (Å²) in [5.74, 6) is 1.07. The van der Waals surface area contributed by atoms with Crippen LogP contribution in [0.3, 0.4) is 0 Å². The standard InChI is InChI=1S/C20H30N2O3.ClH/c1-24-17-6-4-5-16(13-17)20(9-2-3-10-20)14-22-19(23)18(21)15-7-11-25-12-8-15;/h4-6,13,15,18H,2-3,7-12,14,21H2,1H3,(H,22,23);1H. The molecule has 1 heterocycles. The van der Waals surface area contributed by atoms with E-state index in [0.717, 1.165) is 31.4 Å². The van der Waals surface area contributed by atoms with Crippen molar-refractivity contribution in [3.05, 3.63) is 29.8 Å². The number of hydrogen-bond donors (Lipinski definition) is 2. The van der Waals surface area contributed by atoms with Crippen LogP contribution in [0.15, 0.2) is 24.3 Å². The second-order valence-electron chi connectivity index (χ2n) is 7.41. The number of nitrogens with one attached hydrogen (secondary N) is 1. The molecule has 0 aromatic heterocycles. The molecule has 1 aromatic rings. The molecule has 1 aliphatic carbocycles. The lowest BCUT2D eigenvalue weighted by Crippen LogP contribution is -2.50. The maximum absolute atomic E-state index is 12.6. The number of rotatable bonds is 6. The third-order valence-electron chi connectivity index (χ3n) is 5.92. The van der Waals surface area contributed by atoms with Crippen molar-refractivity contribution >= 4 is 18.3 Å². The average molecular weight is 383 g/mol. The van der Waals surface area contributed by atoms with Gasteiger partial charge in [-0.3, -0.25) is 4.79 Å². The predicted molar refractivity (Wildman–Crippen MR) is 105 cm³/mol. The summed E-state index contributed by atoms with van der Waals surface area (Å²) in [6.45, 7) is 2.06. The monoisotopic (exact) mass is 382 g/mol. The van der Waals surface area contributed by atoms with Gasteiger partial charge in [0.05, 0.1) is 13.2 Å². The second kappa shape index (κ2) is 9.58. The third kappa shape index (κ3) is 4.70. The Hall–Kier alpha value is -1.30. The molecular weight excluding hydrogens is 352 g/mol. The fourth-order valence-electron chi connectivity index (χ4n) is 4.24. The predicted octanol–water partition coefficient (Wildman–Crippen LogP) is 2.80. The van der Waals surface area contributed by atoms with Gasteiger partial charge in [0.1, 0.15) is 5.75 Å². The molecule has 0 radical (unpaired) electrons. The summed E-state index contributed by atoms with van der Waals surface area (Å²) in [6.07, 6.45) is 6.31. The molecule has 1 unspecified atom stereocenters. The number of ether oxygens (including phenoxy) is 2. The van der Waals surface area contributed by atoms with Gasteiger partial charge in [0.15, 0.2) is 0 Å². The topological polar surface area (TPSA) is 73.6 Å². The summed E-state index contributed by atoms with van der Waals surface area (Å²) in [4.78, 5) is 12.6. The molecule has 26 heavy (non-hydrogen) atoms. The van der Waals surface area contributed by atoms with Crippen molar-refractivity contribution in [2.24, 2.45) is 11.7 Å². The Balaban J connectivity index is 0.00000243. The van der Waals surface area contributed by atoms with Crippen molar-refractivity contribution in [2.75, 3.05) is 26.9 Å². The van der Waals surface area contributed by atoms with Crippen LogP contribution in [0, 0.1) is 5.92 Å². The van der Waals surface area contributed by atoms with Gasteiger partial charge in [-0.15, -0.1) is 12.4 Å². The summed E-state index contributed by atoms with van der Waals surface area (Å²) in [5, 5.41) is 3.15. The van der Waals surface area contributed by atoms with Crippen molar-refractivity contribution in [2.45, 2.75) is 50.0 Å². The number of nitrogens with two attached hydrogens (primary N) is 1. The molecule has 1 atom stereocenters. The van der Waals surface area contributed by atoms with Crippen LogP contribution >= 0.6 is 12.4 Å². The average Bonchev–Trinajstić information content (AvgIpc) is 3.16. The van der Waals surface area contributed by atoms with Gasteiger partial charge in [-0.1, -0.05) is 25.0 Å². The lowest BCUT2D eigenvalue weighted by molar-refractivity contribution is -0.124. The van der Waals surface area contributed by atoms with Crippen LogP contribution < -0.4 is 15.8 Å². The van der Waals surface area contributed by atoms with E-state index in [0.29, 0.717) is 19.8 Å². The summed E-state index contributed by atoms with van der Waals surface area (Å²) < 4.78 is 10.8. The van der Waals surface area contributed by atoms with E-state index in [1.807, 2.05) is 12.1 Å². The minimum absolute atomic E-state index is 0. The van der Waals surface area contributed by atoms with Crippen LogP contribution in [0.5, 0.6) is 5.75 Å². The summed E-state index contributed by atoms with van der Waals surface area (Å²) >= 11 is 0. The van der Waals surface area contributed by atoms with Gasteiger partial charge in [0.25, 0.3) is 0 Å². The van der Waals surface area contributed by atoms with Gasteiger partial charge in [-0.05, 0) is 49.3 Å². The molecule has 1 aromatic carbocycles. The SMILES string of the molecule is COc1cccc(C2(CNC(=O)C(N)C3CCOCC3)CCCC2)c1.Cl. The van der Waals surface area contributed by atoms with Gasteiger partial charge in [0, 0.05) is 25.2 Å². The van der Waals surface area contributed by atoms with Gasteiger partial charge >= 0.3 is 0 Å². The molecule has 1 amide bonds. The van der Waals surface area contributed by atoms with Crippen LogP contribution in [0.2, 0.25) is 0 Å². The summed E-state index contributed by atoms with van der Waals surface area (Å²) in [5.41, 5.74) is 7.47. The number of hydrogen-bond acceptors (Lipinski definition) is 4. The van der Waals surface area contributed by atoms with Crippen molar-refractivity contribution in [1.82, 2.24) is 5.32 Å². The first kappa shape index (κ1) is 21.0. The summed E-state index contributed by atoms with van der Waals surface area (Å²) in [7, 11) is 1.69. The number of carbonyl (C=O) groups is 1. The Morgan fingerprint density at radius 3 is 2.69 bits per heavy atom. The van der Waals surface area contributed by atoms with E-state index in [-0.39, 0.29) is 29.6 Å². The lowest BCUT2D eigenvalue weighted by Gasteiger charge is -2.32. The van der Waals surface area contributed by atoms with E-state index in [1.165, 1.54) is 18.4 Å². The van der Waals surface area contributed by atoms with Gasteiger partial charge in [-0.25, -0.2) is 0 Å². The zero-order valence-corrected chi connectivity index (χ0v) is 16.4. The molecule has 1 aliphatic heterocycles. The van der Waals surface area contributed by atoms with E-state index < -0.39 is 6.04 Å². The number of halogens is 1. The molecule has 2 aliphatic rings. The fraction of sp³-hybridized carbons (Fsp3) is 0.650. The molecule has 5 nitrogen and oxygen atoms in total. The van der Waals surface area contributed by atoms with Crippen LogP contribution in [-0.4, -0.2) is 38.8 Å². The normalized spacial score (nSPS) is 20.8. The Morgan fingerprint density at radius 1 is 1.35 bits per heavy atom. The first-order chi connectivity index (χ1) is 12.1. The first-order valence-electron chi connectivity index (χ1n) is 9.40. The maximum Gasteiger partial charge on any atom is 0.237 e. The lowest BCUT2D eigenvalue weighted by atomic mass is 9.78. The van der Waals surface area contributed by atoms with Crippen molar-refractivity contribution in [1.29, 1.82) is 0 Å². The van der Waals surface area contributed by atoms with Gasteiger partial charge in [0.2, 0.25) is 5.91 Å². The molecule has 146 valence electrons. The zero-order valence-electron chi connectivity index (χ0n) is 15.5. The van der Waals surface area contributed by atoms with Crippen LogP contribution in [0.4, 0.5) is 0 Å². The second-order valence-corrected chi connectivity index (χ2v) is 7.41. The molecule has 3 rings (SSSR count). The highest BCUT2D eigenvalue weighted by Gasteiger charge is 2.37. The molecular formula is C20H31ClN2O3. The van der Waals surface area contributed by atoms with E-state index in [4.69, 9.17) is 15.2 Å². The van der Waals surface area contributed by atoms with Crippen molar-refractivity contribution < 1.29 is 14.3 Å². The zero-order chi connectivity index (χ0) is 17.7. The molecule has 0 spiro atoms. The quantitative estimate of drug-likeness (QED) is 0.793. The van der Waals surface area contributed by atoms with E-state index in [9.17, 15) is 4.79 Å². The largest absolute Gasteiger partial charge is 0.497 e. The third-order valence-corrected chi connectivity index (χ3v) is 5.92. The van der Waals surface area contributed by atoms with E-state index >= 15 is 0 Å². The highest BCUT2D eigenvalue weighted by atomic mass is 35.5. The van der Waals surface area contributed by atoms with Crippen molar-refractivity contribution in [3.8, 4) is 5.75 Å². The minimum Gasteiger partial charge on any atom is -0.497 e. The van der Waals surface area contributed by atoms with E-state index in [1.54, 1.807) is 7.11 Å². The molecule has 3 N–H and O–H groups in total. The number of benzene rings is 1. The Labute approximate surface area is 162 Å². The van der Waals surface area contributed by atoms with Crippen LogP contribution in [-0.2, 0) is 14.9 Å². The van der Waals surface area contributed by atoms with Crippen LogP contribution in [0.1, 0.15) is 44.1 Å². The molecule has 6 heteroatoms. The maximum atomic E-state index is 12.6. The number of methoxy groups -OCH3 is 1. The molecule has 1 saturated carbocycles. The Bertz CT molecular complexity index is 584. The Kier molecular flexibility index (Phi) is 7.74. The smallest absolute Gasteiger partial charge is 0.237 e. The first-order valence-corrected chi connectivity index (χ1v) is 9.40. The molecule has 1 saturated heterocycles.